The van der Waals surface area contributed by atoms with Crippen molar-refractivity contribution in [2.24, 2.45) is 0 Å². The van der Waals surface area contributed by atoms with Gasteiger partial charge in [0.15, 0.2) is 22.9 Å². The Morgan fingerprint density at radius 2 is 1.44 bits per heavy atom. The summed E-state index contributed by atoms with van der Waals surface area (Å²) in [5.41, 5.74) is 0. The van der Waals surface area contributed by atoms with Gasteiger partial charge in [0.2, 0.25) is 6.10 Å². The molecule has 0 radical (unpaired) electrons. The van der Waals surface area contributed by atoms with Crippen molar-refractivity contribution in [3.63, 3.8) is 0 Å². The van der Waals surface area contributed by atoms with E-state index in [1.54, 1.807) is 47.0 Å². The Balaban J connectivity index is 3.31. The molecule has 0 saturated carbocycles. The normalized spacial score (nSPS) is 28.2. The lowest BCUT2D eigenvalue weighted by atomic mass is 10.1. The minimum absolute atomic E-state index is 0.336. The van der Waals surface area contributed by atoms with Crippen LogP contribution in [-0.4, -0.2) is 56.9 Å². The maximum atomic E-state index is 14.6. The van der Waals surface area contributed by atoms with Crippen LogP contribution in [0.15, 0.2) is 0 Å². The second kappa shape index (κ2) is 6.84. The van der Waals surface area contributed by atoms with Gasteiger partial charge in [0.05, 0.1) is 0 Å². The van der Waals surface area contributed by atoms with Crippen LogP contribution in [0.2, 0.25) is 36.3 Å². The Bertz CT molecular complexity index is 583. The Morgan fingerprint density at radius 1 is 1.04 bits per heavy atom. The van der Waals surface area contributed by atoms with E-state index >= 15 is 0 Å². The standard InChI is InChI=1S/C17H34F2O6Si2/c1-14(2,3)26(7,8)24-12(20)11-17(22,16(18,19)13(21)23-11)25-27(9,10)15(4,5)6/h11-12,20,22H,1-10H3/t11-,12?,17+/m1/s1. The summed E-state index contributed by atoms with van der Waals surface area (Å²) in [6.07, 6.45) is -4.00. The van der Waals surface area contributed by atoms with Crippen LogP contribution < -0.4 is 0 Å². The molecule has 0 amide bonds. The first-order chi connectivity index (χ1) is 11.6. The Morgan fingerprint density at radius 3 is 1.81 bits per heavy atom. The lowest BCUT2D eigenvalue weighted by Gasteiger charge is -2.45. The van der Waals surface area contributed by atoms with Gasteiger partial charge in [0, 0.05) is 0 Å². The summed E-state index contributed by atoms with van der Waals surface area (Å²) in [6, 6.07) is 0. The molecule has 0 aromatic heterocycles. The van der Waals surface area contributed by atoms with Gasteiger partial charge in [-0.2, -0.15) is 8.78 Å². The third-order valence-corrected chi connectivity index (χ3v) is 14.9. The number of ether oxygens (including phenoxy) is 1. The average molecular weight is 429 g/mol. The highest BCUT2D eigenvalue weighted by molar-refractivity contribution is 6.74. The van der Waals surface area contributed by atoms with Crippen molar-refractivity contribution in [1.82, 2.24) is 0 Å². The smallest absolute Gasteiger partial charge is 0.398 e. The fourth-order valence-electron chi connectivity index (χ4n) is 2.05. The number of carbonyl (C=O) groups is 1. The maximum Gasteiger partial charge on any atom is 0.398 e. The van der Waals surface area contributed by atoms with Gasteiger partial charge >= 0.3 is 11.9 Å². The molecule has 10 heteroatoms. The average Bonchev–Trinajstić information content (AvgIpc) is 2.55. The first-order valence-electron chi connectivity index (χ1n) is 8.97. The molecule has 6 nitrogen and oxygen atoms in total. The van der Waals surface area contributed by atoms with E-state index in [1.807, 2.05) is 20.8 Å². The zero-order valence-electron chi connectivity index (χ0n) is 17.9. The van der Waals surface area contributed by atoms with E-state index in [1.165, 1.54) is 0 Å². The number of cyclic esters (lactones) is 1. The van der Waals surface area contributed by atoms with Crippen molar-refractivity contribution < 1.29 is 37.4 Å². The summed E-state index contributed by atoms with van der Waals surface area (Å²) in [4.78, 5) is 11.8. The molecule has 1 heterocycles. The highest BCUT2D eigenvalue weighted by Gasteiger charge is 2.75. The van der Waals surface area contributed by atoms with Crippen LogP contribution in [0.25, 0.3) is 0 Å². The summed E-state index contributed by atoms with van der Waals surface area (Å²) in [5, 5.41) is 20.5. The van der Waals surface area contributed by atoms with E-state index in [0.717, 1.165) is 0 Å². The van der Waals surface area contributed by atoms with Crippen LogP contribution in [0.3, 0.4) is 0 Å². The molecule has 160 valence electrons. The number of rotatable bonds is 5. The van der Waals surface area contributed by atoms with Crippen molar-refractivity contribution in [2.75, 3.05) is 0 Å². The molecule has 27 heavy (non-hydrogen) atoms. The summed E-state index contributed by atoms with van der Waals surface area (Å²) < 4.78 is 45.1. The second-order valence-electron chi connectivity index (χ2n) is 10.2. The monoisotopic (exact) mass is 428 g/mol. The van der Waals surface area contributed by atoms with E-state index in [2.05, 4.69) is 4.74 Å². The summed E-state index contributed by atoms with van der Waals surface area (Å²) in [7, 11) is -5.56. The molecule has 1 rings (SSSR count). The van der Waals surface area contributed by atoms with Crippen molar-refractivity contribution in [2.45, 2.75) is 102 Å². The zero-order chi connectivity index (χ0) is 21.9. The van der Waals surface area contributed by atoms with Crippen LogP contribution in [-0.2, 0) is 18.4 Å². The first-order valence-corrected chi connectivity index (χ1v) is 14.8. The molecule has 0 aromatic rings. The molecule has 0 bridgehead atoms. The molecule has 1 fully saturated rings. The number of aliphatic hydroxyl groups is 2. The Labute approximate surface area is 162 Å². The van der Waals surface area contributed by atoms with E-state index in [-0.39, 0.29) is 5.04 Å². The number of hydrogen-bond donors (Lipinski definition) is 2. The first kappa shape index (κ1) is 24.6. The molecule has 1 unspecified atom stereocenters. The van der Waals surface area contributed by atoms with E-state index in [9.17, 15) is 23.8 Å². The van der Waals surface area contributed by atoms with Crippen molar-refractivity contribution in [3.8, 4) is 0 Å². The third-order valence-electron chi connectivity index (χ3n) is 6.02. The zero-order valence-corrected chi connectivity index (χ0v) is 19.9. The Kier molecular flexibility index (Phi) is 6.24. The number of alkyl halides is 2. The van der Waals surface area contributed by atoms with Crippen LogP contribution in [0.4, 0.5) is 8.78 Å². The van der Waals surface area contributed by atoms with Crippen molar-refractivity contribution >= 4 is 22.6 Å². The molecule has 0 spiro atoms. The number of hydrogen-bond acceptors (Lipinski definition) is 6. The van der Waals surface area contributed by atoms with Crippen LogP contribution in [0.5, 0.6) is 0 Å². The van der Waals surface area contributed by atoms with Crippen molar-refractivity contribution in [1.29, 1.82) is 0 Å². The van der Waals surface area contributed by atoms with E-state index in [4.69, 9.17) is 8.85 Å². The number of halogens is 2. The summed E-state index contributed by atoms with van der Waals surface area (Å²) in [6.45, 7) is 18.0. The summed E-state index contributed by atoms with van der Waals surface area (Å²) >= 11 is 0. The van der Waals surface area contributed by atoms with Gasteiger partial charge in [-0.3, -0.25) is 0 Å². The lowest BCUT2D eigenvalue weighted by Crippen LogP contribution is -2.64. The quantitative estimate of drug-likeness (QED) is 0.395. The van der Waals surface area contributed by atoms with Crippen molar-refractivity contribution in [3.05, 3.63) is 0 Å². The van der Waals surface area contributed by atoms with E-state index < -0.39 is 51.7 Å². The van der Waals surface area contributed by atoms with Gasteiger partial charge in [-0.15, -0.1) is 0 Å². The fraction of sp³-hybridized carbons (Fsp3) is 0.941. The van der Waals surface area contributed by atoms with Gasteiger partial charge < -0.3 is 23.8 Å². The van der Waals surface area contributed by atoms with Gasteiger partial charge in [-0.05, 0) is 36.3 Å². The molecule has 2 N–H and O–H groups in total. The van der Waals surface area contributed by atoms with Gasteiger partial charge in [0.25, 0.3) is 5.79 Å². The second-order valence-corrected chi connectivity index (χ2v) is 19.7. The number of aliphatic hydroxyl groups excluding tert-OH is 1. The van der Waals surface area contributed by atoms with Crippen LogP contribution in [0, 0.1) is 0 Å². The van der Waals surface area contributed by atoms with Crippen LogP contribution >= 0.6 is 0 Å². The molecular formula is C17H34F2O6Si2. The lowest BCUT2D eigenvalue weighted by molar-refractivity contribution is -0.297. The molecule has 0 aromatic carbocycles. The largest absolute Gasteiger partial charge is 0.446 e. The molecule has 1 aliphatic heterocycles. The number of carbonyl (C=O) groups excluding carboxylic acids is 1. The topological polar surface area (TPSA) is 85.2 Å². The predicted octanol–water partition coefficient (Wildman–Crippen LogP) is 3.60. The van der Waals surface area contributed by atoms with E-state index in [0.29, 0.717) is 0 Å². The molecular weight excluding hydrogens is 394 g/mol. The molecule has 1 aliphatic rings. The number of esters is 1. The highest BCUT2D eigenvalue weighted by Crippen LogP contribution is 2.49. The molecule has 1 saturated heterocycles. The van der Waals surface area contributed by atoms with Gasteiger partial charge in [-0.1, -0.05) is 41.5 Å². The summed E-state index contributed by atoms with van der Waals surface area (Å²) in [5.74, 6) is -9.58. The third kappa shape index (κ3) is 4.30. The highest BCUT2D eigenvalue weighted by atomic mass is 28.4. The minimum Gasteiger partial charge on any atom is -0.446 e. The minimum atomic E-state index is -4.33. The van der Waals surface area contributed by atoms with Gasteiger partial charge in [-0.25, -0.2) is 4.79 Å². The van der Waals surface area contributed by atoms with Crippen LogP contribution in [0.1, 0.15) is 41.5 Å². The predicted molar refractivity (Wildman–Crippen MR) is 102 cm³/mol. The Hall–Kier alpha value is -0.396. The SMILES string of the molecule is CC(C)(C)[Si](C)(C)OC(O)[C@H]1OC(=O)C(F)(F)[C@@]1(O)O[Si](C)(C)C(C)(C)C. The van der Waals surface area contributed by atoms with Gasteiger partial charge in [0.1, 0.15) is 0 Å². The molecule has 0 aliphatic carbocycles. The fourth-order valence-corrected chi connectivity index (χ4v) is 4.46. The molecule has 3 atom stereocenters. The maximum absolute atomic E-state index is 14.6.